The van der Waals surface area contributed by atoms with Gasteiger partial charge in [0.2, 0.25) is 5.91 Å². The van der Waals surface area contributed by atoms with Crippen LogP contribution in [0.5, 0.6) is 0 Å². The van der Waals surface area contributed by atoms with Gasteiger partial charge < -0.3 is 15.1 Å². The SMILES string of the molecule is Cc1ccc([C@H](NC(=O)CNC(=O)c2ccco2)c2cccs2)cc1. The molecule has 0 saturated carbocycles. The van der Waals surface area contributed by atoms with E-state index in [0.29, 0.717) is 0 Å². The van der Waals surface area contributed by atoms with Crippen molar-refractivity contribution in [1.29, 1.82) is 0 Å². The number of nitrogens with one attached hydrogen (secondary N) is 2. The number of aryl methyl sites for hydroxylation is 1. The molecule has 1 aromatic carbocycles. The average molecular weight is 354 g/mol. The van der Waals surface area contributed by atoms with E-state index in [1.807, 2.05) is 48.7 Å². The van der Waals surface area contributed by atoms with Gasteiger partial charge in [-0.3, -0.25) is 9.59 Å². The summed E-state index contributed by atoms with van der Waals surface area (Å²) < 4.78 is 5.01. The minimum absolute atomic E-state index is 0.118. The van der Waals surface area contributed by atoms with E-state index in [9.17, 15) is 9.59 Å². The first kappa shape index (κ1) is 17.0. The molecule has 6 heteroatoms. The molecule has 0 unspecified atom stereocenters. The summed E-state index contributed by atoms with van der Waals surface area (Å²) in [4.78, 5) is 25.2. The lowest BCUT2D eigenvalue weighted by Gasteiger charge is -2.18. The molecule has 2 aromatic heterocycles. The highest BCUT2D eigenvalue weighted by atomic mass is 32.1. The van der Waals surface area contributed by atoms with Gasteiger partial charge in [0.25, 0.3) is 5.91 Å². The van der Waals surface area contributed by atoms with Gasteiger partial charge in [0.1, 0.15) is 0 Å². The minimum atomic E-state index is -0.414. The van der Waals surface area contributed by atoms with Crippen molar-refractivity contribution in [2.45, 2.75) is 13.0 Å². The molecule has 0 radical (unpaired) electrons. The van der Waals surface area contributed by atoms with E-state index < -0.39 is 5.91 Å². The summed E-state index contributed by atoms with van der Waals surface area (Å²) in [6, 6.07) is 14.9. The molecule has 0 spiro atoms. The lowest BCUT2D eigenvalue weighted by molar-refractivity contribution is -0.120. The first-order valence-electron chi connectivity index (χ1n) is 7.84. The summed E-state index contributed by atoms with van der Waals surface area (Å²) in [7, 11) is 0. The molecule has 2 heterocycles. The summed E-state index contributed by atoms with van der Waals surface area (Å²) in [5, 5.41) is 7.51. The molecule has 3 aromatic rings. The number of thiophene rings is 1. The minimum Gasteiger partial charge on any atom is -0.459 e. The summed E-state index contributed by atoms with van der Waals surface area (Å²) >= 11 is 1.58. The number of carbonyl (C=O) groups excluding carboxylic acids is 2. The second-order valence-corrected chi connectivity index (χ2v) is 6.57. The van der Waals surface area contributed by atoms with Crippen LogP contribution in [0.2, 0.25) is 0 Å². The van der Waals surface area contributed by atoms with Crippen LogP contribution in [0.3, 0.4) is 0 Å². The molecule has 25 heavy (non-hydrogen) atoms. The molecule has 1 atom stereocenters. The standard InChI is InChI=1S/C19H18N2O3S/c1-13-6-8-14(9-7-13)18(16-5-3-11-25-16)21-17(22)12-20-19(23)15-4-2-10-24-15/h2-11,18H,12H2,1H3,(H,20,23)(H,21,22)/t18-/m0/s1. The van der Waals surface area contributed by atoms with E-state index in [4.69, 9.17) is 4.42 Å². The Morgan fingerprint density at radius 2 is 1.92 bits per heavy atom. The third-order valence-corrected chi connectivity index (χ3v) is 4.64. The molecule has 3 rings (SSSR count). The van der Waals surface area contributed by atoms with Crippen LogP contribution in [0.4, 0.5) is 0 Å². The van der Waals surface area contributed by atoms with Crippen molar-refractivity contribution >= 4 is 23.2 Å². The third kappa shape index (κ3) is 4.36. The lowest BCUT2D eigenvalue weighted by atomic mass is 10.0. The second-order valence-electron chi connectivity index (χ2n) is 5.59. The van der Waals surface area contributed by atoms with Crippen molar-refractivity contribution in [2.75, 3.05) is 6.54 Å². The average Bonchev–Trinajstić information content (AvgIpc) is 3.31. The zero-order valence-electron chi connectivity index (χ0n) is 13.7. The Bertz CT molecular complexity index is 824. The Morgan fingerprint density at radius 3 is 2.56 bits per heavy atom. The first-order chi connectivity index (χ1) is 12.1. The molecule has 2 N–H and O–H groups in total. The van der Waals surface area contributed by atoms with Crippen LogP contribution in [0.1, 0.15) is 32.6 Å². The van der Waals surface area contributed by atoms with Crippen molar-refractivity contribution in [3.05, 3.63) is 81.9 Å². The number of hydrogen-bond donors (Lipinski definition) is 2. The van der Waals surface area contributed by atoms with Gasteiger partial charge in [0.15, 0.2) is 5.76 Å². The van der Waals surface area contributed by atoms with Crippen LogP contribution in [0.15, 0.2) is 64.6 Å². The van der Waals surface area contributed by atoms with Crippen molar-refractivity contribution in [1.82, 2.24) is 10.6 Å². The predicted molar refractivity (Wildman–Crippen MR) is 96.5 cm³/mol. The van der Waals surface area contributed by atoms with Crippen LogP contribution >= 0.6 is 11.3 Å². The maximum absolute atomic E-state index is 12.3. The zero-order valence-corrected chi connectivity index (χ0v) is 14.5. The molecule has 128 valence electrons. The number of benzene rings is 1. The number of rotatable bonds is 6. The van der Waals surface area contributed by atoms with Crippen molar-refractivity contribution in [3.8, 4) is 0 Å². The van der Waals surface area contributed by atoms with Crippen LogP contribution < -0.4 is 10.6 Å². The normalized spacial score (nSPS) is 11.7. The highest BCUT2D eigenvalue weighted by Gasteiger charge is 2.18. The van der Waals surface area contributed by atoms with Crippen LogP contribution in [-0.4, -0.2) is 18.4 Å². The number of furan rings is 1. The molecule has 0 bridgehead atoms. The molecule has 5 nitrogen and oxygen atoms in total. The van der Waals surface area contributed by atoms with E-state index in [1.54, 1.807) is 23.5 Å². The van der Waals surface area contributed by atoms with E-state index in [2.05, 4.69) is 10.6 Å². The summed E-state index contributed by atoms with van der Waals surface area (Å²) in [6.45, 7) is 1.90. The monoisotopic (exact) mass is 354 g/mol. The van der Waals surface area contributed by atoms with Gasteiger partial charge in [-0.05, 0) is 36.1 Å². The molecular formula is C19H18N2O3S. The second kappa shape index (κ2) is 7.81. The number of carbonyl (C=O) groups is 2. The maximum atomic E-state index is 12.3. The van der Waals surface area contributed by atoms with Gasteiger partial charge in [-0.1, -0.05) is 35.9 Å². The fraction of sp³-hybridized carbons (Fsp3) is 0.158. The summed E-state index contributed by atoms with van der Waals surface area (Å²) in [6.07, 6.45) is 1.42. The Labute approximate surface area is 149 Å². The van der Waals surface area contributed by atoms with E-state index in [1.165, 1.54) is 6.26 Å². The fourth-order valence-corrected chi connectivity index (χ4v) is 3.20. The largest absolute Gasteiger partial charge is 0.459 e. The first-order valence-corrected chi connectivity index (χ1v) is 8.72. The Kier molecular flexibility index (Phi) is 5.30. The molecular weight excluding hydrogens is 336 g/mol. The molecule has 0 fully saturated rings. The predicted octanol–water partition coefficient (Wildman–Crippen LogP) is 3.29. The summed E-state index contributed by atoms with van der Waals surface area (Å²) in [5.41, 5.74) is 2.16. The van der Waals surface area contributed by atoms with Gasteiger partial charge in [-0.15, -0.1) is 11.3 Å². The molecule has 0 aliphatic heterocycles. The van der Waals surface area contributed by atoms with Gasteiger partial charge in [-0.25, -0.2) is 0 Å². The van der Waals surface area contributed by atoms with Crippen molar-refractivity contribution in [3.63, 3.8) is 0 Å². The van der Waals surface area contributed by atoms with E-state index in [0.717, 1.165) is 16.0 Å². The third-order valence-electron chi connectivity index (χ3n) is 3.70. The number of hydrogen-bond acceptors (Lipinski definition) is 4. The Morgan fingerprint density at radius 1 is 1.12 bits per heavy atom. The summed E-state index contributed by atoms with van der Waals surface area (Å²) in [5.74, 6) is -0.497. The van der Waals surface area contributed by atoms with E-state index in [-0.39, 0.29) is 24.3 Å². The fourth-order valence-electron chi connectivity index (χ4n) is 2.40. The van der Waals surface area contributed by atoms with Crippen LogP contribution in [-0.2, 0) is 4.79 Å². The van der Waals surface area contributed by atoms with Crippen molar-refractivity contribution < 1.29 is 14.0 Å². The smallest absolute Gasteiger partial charge is 0.287 e. The highest BCUT2D eigenvalue weighted by Crippen LogP contribution is 2.26. The zero-order chi connectivity index (χ0) is 17.6. The lowest BCUT2D eigenvalue weighted by Crippen LogP contribution is -2.38. The van der Waals surface area contributed by atoms with Crippen molar-refractivity contribution in [2.24, 2.45) is 0 Å². The van der Waals surface area contributed by atoms with Gasteiger partial charge >= 0.3 is 0 Å². The molecule has 0 aliphatic rings. The van der Waals surface area contributed by atoms with Gasteiger partial charge in [0.05, 0.1) is 18.8 Å². The quantitative estimate of drug-likeness (QED) is 0.713. The Balaban J connectivity index is 1.67. The number of amides is 2. The highest BCUT2D eigenvalue weighted by molar-refractivity contribution is 7.10. The Hall–Kier alpha value is -2.86. The maximum Gasteiger partial charge on any atom is 0.287 e. The van der Waals surface area contributed by atoms with Gasteiger partial charge in [-0.2, -0.15) is 0 Å². The molecule has 0 aliphatic carbocycles. The topological polar surface area (TPSA) is 71.3 Å². The molecule has 2 amide bonds. The van der Waals surface area contributed by atoms with Gasteiger partial charge in [0, 0.05) is 4.88 Å². The van der Waals surface area contributed by atoms with Crippen LogP contribution in [0, 0.1) is 6.92 Å². The van der Waals surface area contributed by atoms with Crippen LogP contribution in [0.25, 0.3) is 0 Å². The molecule has 0 saturated heterocycles. The van der Waals surface area contributed by atoms with E-state index >= 15 is 0 Å².